The molecule has 0 saturated heterocycles. The average molecular weight is 204 g/mol. The van der Waals surface area contributed by atoms with Crippen LogP contribution in [0.25, 0.3) is 0 Å². The van der Waals surface area contributed by atoms with Gasteiger partial charge >= 0.3 is 0 Å². The van der Waals surface area contributed by atoms with Gasteiger partial charge in [-0.05, 0) is 37.3 Å². The summed E-state index contributed by atoms with van der Waals surface area (Å²) < 4.78 is 0. The lowest BCUT2D eigenvalue weighted by Gasteiger charge is -2.06. The first-order valence-corrected chi connectivity index (χ1v) is 9.04. The summed E-state index contributed by atoms with van der Waals surface area (Å²) in [5.41, 5.74) is 3.64. The molecule has 0 radical (unpaired) electrons. The third-order valence-electron chi connectivity index (χ3n) is 2.19. The fraction of sp³-hybridized carbons (Fsp3) is 0.538. The predicted molar refractivity (Wildman–Crippen MR) is 66.8 cm³/mol. The van der Waals surface area contributed by atoms with Crippen molar-refractivity contribution in [2.45, 2.75) is 45.3 Å². The van der Waals surface area contributed by atoms with Gasteiger partial charge in [0.1, 0.15) is 0 Å². The normalized spacial score (nSPS) is 17.5. The molecule has 1 rings (SSSR count). The average Bonchev–Trinajstić information content (AvgIpc) is 2.13. The highest BCUT2D eigenvalue weighted by Crippen LogP contribution is 2.15. The molecular formula is C13H20Si. The lowest BCUT2D eigenvalue weighted by molar-refractivity contribution is 0.715. The van der Waals surface area contributed by atoms with Crippen molar-refractivity contribution in [3.63, 3.8) is 0 Å². The van der Waals surface area contributed by atoms with Gasteiger partial charge in [0.2, 0.25) is 0 Å². The Hall–Kier alpha value is -0.743. The number of rotatable bonds is 1. The largest absolute Gasteiger partial charge is 0.0868 e. The van der Waals surface area contributed by atoms with E-state index < -0.39 is 8.07 Å². The van der Waals surface area contributed by atoms with E-state index in [0.29, 0.717) is 0 Å². The van der Waals surface area contributed by atoms with Gasteiger partial charge in [-0.1, -0.05) is 43.3 Å². The highest BCUT2D eigenvalue weighted by Gasteiger charge is 2.05. The van der Waals surface area contributed by atoms with E-state index in [-0.39, 0.29) is 0 Å². The monoisotopic (exact) mass is 204 g/mol. The molecule has 0 atom stereocenters. The molecule has 0 fully saturated rings. The Kier molecular flexibility index (Phi) is 4.22. The molecule has 0 N–H and O–H groups in total. The summed E-state index contributed by atoms with van der Waals surface area (Å²) in [5.74, 6) is 6.39. The van der Waals surface area contributed by atoms with E-state index in [1.54, 1.807) is 0 Å². The molecule has 0 unspecified atom stereocenters. The maximum atomic E-state index is 3.24. The van der Waals surface area contributed by atoms with Crippen LogP contribution in [0.1, 0.15) is 25.7 Å². The van der Waals surface area contributed by atoms with Crippen molar-refractivity contribution in [2.24, 2.45) is 0 Å². The smallest absolute Gasteiger partial charge is 0.0695 e. The number of allylic oxidation sites excluding steroid dienone is 3. The van der Waals surface area contributed by atoms with Crippen LogP contribution in [0.4, 0.5) is 0 Å². The fourth-order valence-corrected chi connectivity index (χ4v) is 1.96. The van der Waals surface area contributed by atoms with Crippen molar-refractivity contribution < 1.29 is 0 Å². The maximum absolute atomic E-state index is 3.24. The second-order valence-corrected chi connectivity index (χ2v) is 10.0. The Morgan fingerprint density at radius 3 is 2.64 bits per heavy atom. The Balaban J connectivity index is 2.47. The lowest BCUT2D eigenvalue weighted by atomic mass is 10.0. The summed E-state index contributed by atoms with van der Waals surface area (Å²) in [5, 5.41) is 0. The van der Waals surface area contributed by atoms with E-state index in [1.165, 1.54) is 31.3 Å². The molecule has 1 aliphatic rings. The Morgan fingerprint density at radius 2 is 2.07 bits per heavy atom. The second-order valence-electron chi connectivity index (χ2n) is 4.94. The molecule has 1 heteroatoms. The summed E-state index contributed by atoms with van der Waals surface area (Å²) in [4.78, 5) is 0. The Labute approximate surface area is 89.1 Å². The molecule has 0 bridgehead atoms. The summed E-state index contributed by atoms with van der Waals surface area (Å²) in [6.45, 7) is 6.97. The molecule has 0 spiro atoms. The first-order valence-electron chi connectivity index (χ1n) is 5.46. The quantitative estimate of drug-likeness (QED) is 0.448. The minimum atomic E-state index is -1.05. The van der Waals surface area contributed by atoms with E-state index in [0.717, 1.165) is 0 Å². The van der Waals surface area contributed by atoms with Gasteiger partial charge in [-0.2, -0.15) is 0 Å². The first kappa shape index (κ1) is 11.3. The molecule has 0 saturated carbocycles. The zero-order valence-corrected chi connectivity index (χ0v) is 10.6. The minimum Gasteiger partial charge on any atom is -0.0868 e. The molecule has 0 nitrogen and oxygen atoms in total. The first-order chi connectivity index (χ1) is 6.58. The standard InChI is InChI=1S/C13H20Si/c1-14(2,3)12-8-7-11-13-9-5-4-6-10-13/h8-9,12H,4-6,10H2,1-3H3/b12-8+. The van der Waals surface area contributed by atoms with E-state index in [1.807, 2.05) is 6.08 Å². The minimum absolute atomic E-state index is 1.05. The van der Waals surface area contributed by atoms with Crippen LogP contribution >= 0.6 is 0 Å². The zero-order valence-electron chi connectivity index (χ0n) is 9.56. The maximum Gasteiger partial charge on any atom is 0.0695 e. The highest BCUT2D eigenvalue weighted by atomic mass is 28.3. The summed E-state index contributed by atoms with van der Waals surface area (Å²) in [6, 6.07) is 0. The zero-order chi connectivity index (χ0) is 10.4. The van der Waals surface area contributed by atoms with Crippen LogP contribution in [-0.4, -0.2) is 8.07 Å². The van der Waals surface area contributed by atoms with Crippen LogP contribution in [0.3, 0.4) is 0 Å². The third kappa shape index (κ3) is 5.09. The van der Waals surface area contributed by atoms with Crippen LogP contribution in [0.5, 0.6) is 0 Å². The molecule has 0 aromatic carbocycles. The lowest BCUT2D eigenvalue weighted by Crippen LogP contribution is -2.15. The summed E-state index contributed by atoms with van der Waals surface area (Å²) in [7, 11) is -1.05. The molecule has 0 aliphatic heterocycles. The van der Waals surface area contributed by atoms with Gasteiger partial charge in [-0.3, -0.25) is 0 Å². The molecule has 0 aromatic rings. The van der Waals surface area contributed by atoms with Crippen LogP contribution in [0.2, 0.25) is 19.6 Å². The molecule has 0 amide bonds. The van der Waals surface area contributed by atoms with Crippen molar-refractivity contribution in [3.05, 3.63) is 23.4 Å². The summed E-state index contributed by atoms with van der Waals surface area (Å²) >= 11 is 0. The highest BCUT2D eigenvalue weighted by molar-refractivity contribution is 6.81. The van der Waals surface area contributed by atoms with Gasteiger partial charge < -0.3 is 0 Å². The van der Waals surface area contributed by atoms with Gasteiger partial charge in [-0.15, -0.1) is 0 Å². The molecule has 76 valence electrons. The van der Waals surface area contributed by atoms with Crippen molar-refractivity contribution in [3.8, 4) is 11.8 Å². The molecule has 0 aromatic heterocycles. The molecule has 0 heterocycles. The fourth-order valence-electron chi connectivity index (χ4n) is 1.38. The van der Waals surface area contributed by atoms with Gasteiger partial charge in [0.15, 0.2) is 0 Å². The molecule has 14 heavy (non-hydrogen) atoms. The van der Waals surface area contributed by atoms with E-state index >= 15 is 0 Å². The van der Waals surface area contributed by atoms with Gasteiger partial charge in [-0.25, -0.2) is 0 Å². The SMILES string of the molecule is C[Si](C)(C)/C=C/C#CC1=CCCCC1. The summed E-state index contributed by atoms with van der Waals surface area (Å²) in [6.07, 6.45) is 9.41. The van der Waals surface area contributed by atoms with Gasteiger partial charge in [0.25, 0.3) is 0 Å². The third-order valence-corrected chi connectivity index (χ3v) is 3.36. The van der Waals surface area contributed by atoms with Crippen molar-refractivity contribution in [1.29, 1.82) is 0 Å². The van der Waals surface area contributed by atoms with Crippen LogP contribution in [-0.2, 0) is 0 Å². The van der Waals surface area contributed by atoms with E-state index in [2.05, 4.69) is 43.3 Å². The van der Waals surface area contributed by atoms with Crippen LogP contribution < -0.4 is 0 Å². The molecular weight excluding hydrogens is 184 g/mol. The van der Waals surface area contributed by atoms with E-state index in [4.69, 9.17) is 0 Å². The Morgan fingerprint density at radius 1 is 1.29 bits per heavy atom. The van der Waals surface area contributed by atoms with Gasteiger partial charge in [0.05, 0.1) is 8.07 Å². The number of hydrogen-bond donors (Lipinski definition) is 0. The topological polar surface area (TPSA) is 0 Å². The van der Waals surface area contributed by atoms with Crippen LogP contribution in [0.15, 0.2) is 23.4 Å². The van der Waals surface area contributed by atoms with Crippen LogP contribution in [0, 0.1) is 11.8 Å². The van der Waals surface area contributed by atoms with Gasteiger partial charge in [0, 0.05) is 0 Å². The Bertz CT molecular complexity index is 291. The number of hydrogen-bond acceptors (Lipinski definition) is 0. The molecule has 1 aliphatic carbocycles. The van der Waals surface area contributed by atoms with Crippen molar-refractivity contribution in [2.75, 3.05) is 0 Å². The predicted octanol–water partition coefficient (Wildman–Crippen LogP) is 3.92. The second kappa shape index (κ2) is 5.22. The van der Waals surface area contributed by atoms with E-state index in [9.17, 15) is 0 Å². The van der Waals surface area contributed by atoms with Crippen molar-refractivity contribution >= 4 is 8.07 Å². The van der Waals surface area contributed by atoms with Crippen molar-refractivity contribution in [1.82, 2.24) is 0 Å².